The Hall–Kier alpha value is -3.16. The fraction of sp³-hybridized carbons (Fsp3) is 0.304. The minimum absolute atomic E-state index is 0.00315. The highest BCUT2D eigenvalue weighted by molar-refractivity contribution is 5.92. The van der Waals surface area contributed by atoms with Gasteiger partial charge in [-0.1, -0.05) is 24.3 Å². The van der Waals surface area contributed by atoms with Crippen LogP contribution in [0, 0.1) is 0 Å². The minimum Gasteiger partial charge on any atom is -0.493 e. The van der Waals surface area contributed by atoms with E-state index in [2.05, 4.69) is 20.2 Å². The van der Waals surface area contributed by atoms with E-state index in [-0.39, 0.29) is 5.91 Å². The van der Waals surface area contributed by atoms with Gasteiger partial charge in [0.05, 0.1) is 44.6 Å². The number of H-pyrrole nitrogens is 1. The van der Waals surface area contributed by atoms with Gasteiger partial charge in [0.15, 0.2) is 0 Å². The lowest BCUT2D eigenvalue weighted by atomic mass is 10.1. The van der Waals surface area contributed by atoms with Gasteiger partial charge >= 0.3 is 0 Å². The number of benzene rings is 2. The Balaban J connectivity index is 1.26. The van der Waals surface area contributed by atoms with E-state index in [0.717, 1.165) is 47.8 Å². The van der Waals surface area contributed by atoms with E-state index in [1.807, 2.05) is 48.5 Å². The number of rotatable bonds is 8. The minimum atomic E-state index is 0.00315. The van der Waals surface area contributed by atoms with E-state index < -0.39 is 0 Å². The molecule has 4 rings (SSSR count). The molecule has 1 aliphatic rings. The van der Waals surface area contributed by atoms with Crippen LogP contribution < -0.4 is 10.1 Å². The van der Waals surface area contributed by atoms with Crippen LogP contribution in [-0.4, -0.2) is 60.2 Å². The van der Waals surface area contributed by atoms with E-state index in [1.54, 1.807) is 12.5 Å². The molecule has 1 amide bonds. The summed E-state index contributed by atoms with van der Waals surface area (Å²) in [7, 11) is 0. The molecule has 0 radical (unpaired) electrons. The number of aromatic amines is 1. The van der Waals surface area contributed by atoms with E-state index >= 15 is 0 Å². The first-order chi connectivity index (χ1) is 14.8. The molecule has 2 N–H and O–H groups in total. The third-order valence-electron chi connectivity index (χ3n) is 5.03. The number of hydrogen-bond donors (Lipinski definition) is 2. The maximum atomic E-state index is 12.2. The number of aromatic nitrogens is 2. The third kappa shape index (κ3) is 5.46. The highest BCUT2D eigenvalue weighted by atomic mass is 16.5. The zero-order valence-corrected chi connectivity index (χ0v) is 16.8. The Morgan fingerprint density at radius 2 is 1.93 bits per heavy atom. The maximum absolute atomic E-state index is 12.2. The summed E-state index contributed by atoms with van der Waals surface area (Å²) in [5.41, 5.74) is 3.89. The van der Waals surface area contributed by atoms with Crippen molar-refractivity contribution in [1.29, 1.82) is 0 Å². The van der Waals surface area contributed by atoms with E-state index in [4.69, 9.17) is 9.47 Å². The van der Waals surface area contributed by atoms with Crippen molar-refractivity contribution in [3.63, 3.8) is 0 Å². The lowest BCUT2D eigenvalue weighted by Crippen LogP contribution is -2.41. The highest BCUT2D eigenvalue weighted by Crippen LogP contribution is 2.28. The molecule has 1 aromatic heterocycles. The number of carbonyl (C=O) groups is 1. The summed E-state index contributed by atoms with van der Waals surface area (Å²) in [6.45, 7) is 3.95. The van der Waals surface area contributed by atoms with Crippen molar-refractivity contribution in [3.8, 4) is 17.0 Å². The van der Waals surface area contributed by atoms with Crippen LogP contribution in [0.15, 0.2) is 61.1 Å². The van der Waals surface area contributed by atoms with Crippen LogP contribution in [0.3, 0.4) is 0 Å². The van der Waals surface area contributed by atoms with Gasteiger partial charge in [0, 0.05) is 30.8 Å². The van der Waals surface area contributed by atoms with Crippen LogP contribution in [0.5, 0.6) is 5.75 Å². The summed E-state index contributed by atoms with van der Waals surface area (Å²) in [5.74, 6) is 0.831. The molecule has 0 saturated carbocycles. The van der Waals surface area contributed by atoms with E-state index in [9.17, 15) is 4.79 Å². The number of anilines is 1. The molecular weight excluding hydrogens is 380 g/mol. The predicted octanol–water partition coefficient (Wildman–Crippen LogP) is 2.97. The van der Waals surface area contributed by atoms with Gasteiger partial charge in [-0.25, -0.2) is 4.98 Å². The molecule has 2 heterocycles. The quantitative estimate of drug-likeness (QED) is 0.601. The molecule has 1 fully saturated rings. The molecule has 7 nitrogen and oxygen atoms in total. The molecule has 0 aliphatic carbocycles. The second-order valence-electron chi connectivity index (χ2n) is 7.19. The molecule has 0 spiro atoms. The molecule has 3 aromatic rings. The third-order valence-corrected chi connectivity index (χ3v) is 5.03. The first kappa shape index (κ1) is 20.1. The summed E-state index contributed by atoms with van der Waals surface area (Å²) in [5, 5.41) is 2.96. The molecule has 1 aliphatic heterocycles. The van der Waals surface area contributed by atoms with Crippen LogP contribution >= 0.6 is 0 Å². The summed E-state index contributed by atoms with van der Waals surface area (Å²) in [4.78, 5) is 21.5. The maximum Gasteiger partial charge on any atom is 0.238 e. The predicted molar refractivity (Wildman–Crippen MR) is 116 cm³/mol. The standard InChI is InChI=1S/C23H26N4O3/c28-23(16-27-10-13-29-14-11-27)26-19-7-5-18(6-8-19)9-12-30-22-4-2-1-3-20(22)21-15-24-17-25-21/h1-8,15,17H,9-14,16H2,(H,24,25)(H,26,28). The number of nitrogens with zero attached hydrogens (tertiary/aromatic N) is 2. The topological polar surface area (TPSA) is 79.5 Å². The molecule has 7 heteroatoms. The molecule has 30 heavy (non-hydrogen) atoms. The monoisotopic (exact) mass is 406 g/mol. The molecule has 0 atom stereocenters. The van der Waals surface area contributed by atoms with E-state index in [0.29, 0.717) is 26.4 Å². The van der Waals surface area contributed by atoms with Crippen LogP contribution in [0.4, 0.5) is 5.69 Å². The van der Waals surface area contributed by atoms with Gasteiger partial charge in [0.1, 0.15) is 5.75 Å². The van der Waals surface area contributed by atoms with Crippen molar-refractivity contribution in [1.82, 2.24) is 14.9 Å². The van der Waals surface area contributed by atoms with Crippen molar-refractivity contribution >= 4 is 11.6 Å². The zero-order chi connectivity index (χ0) is 20.6. The lowest BCUT2D eigenvalue weighted by molar-refractivity contribution is -0.118. The Morgan fingerprint density at radius 1 is 1.13 bits per heavy atom. The zero-order valence-electron chi connectivity index (χ0n) is 16.8. The largest absolute Gasteiger partial charge is 0.493 e. The number of hydrogen-bond acceptors (Lipinski definition) is 5. The lowest BCUT2D eigenvalue weighted by Gasteiger charge is -2.25. The van der Waals surface area contributed by atoms with Crippen molar-refractivity contribution in [2.75, 3.05) is 44.8 Å². The smallest absolute Gasteiger partial charge is 0.238 e. The van der Waals surface area contributed by atoms with Gasteiger partial charge < -0.3 is 19.8 Å². The molecule has 1 saturated heterocycles. The Kier molecular flexibility index (Phi) is 6.74. The fourth-order valence-electron chi connectivity index (χ4n) is 3.41. The van der Waals surface area contributed by atoms with Crippen LogP contribution in [-0.2, 0) is 16.0 Å². The Morgan fingerprint density at radius 3 is 2.70 bits per heavy atom. The number of morpholine rings is 1. The van der Waals surface area contributed by atoms with Crippen molar-refractivity contribution in [2.24, 2.45) is 0 Å². The van der Waals surface area contributed by atoms with Crippen molar-refractivity contribution in [3.05, 3.63) is 66.6 Å². The SMILES string of the molecule is O=C(CN1CCOCC1)Nc1ccc(CCOc2ccccc2-c2cnc[nH]2)cc1. The van der Waals surface area contributed by atoms with Gasteiger partial charge in [0.2, 0.25) is 5.91 Å². The van der Waals surface area contributed by atoms with Gasteiger partial charge in [-0.2, -0.15) is 0 Å². The molecular formula is C23H26N4O3. The number of imidazole rings is 1. The van der Waals surface area contributed by atoms with Gasteiger partial charge in [-0.3, -0.25) is 9.69 Å². The number of carbonyl (C=O) groups excluding carboxylic acids is 1. The molecule has 156 valence electrons. The number of ether oxygens (including phenoxy) is 2. The molecule has 0 bridgehead atoms. The molecule has 0 unspecified atom stereocenters. The number of para-hydroxylation sites is 1. The summed E-state index contributed by atoms with van der Waals surface area (Å²) < 4.78 is 11.3. The van der Waals surface area contributed by atoms with Crippen LogP contribution in [0.25, 0.3) is 11.3 Å². The molecule has 2 aromatic carbocycles. The van der Waals surface area contributed by atoms with Gasteiger partial charge in [-0.15, -0.1) is 0 Å². The normalized spacial score (nSPS) is 14.4. The van der Waals surface area contributed by atoms with Crippen molar-refractivity contribution < 1.29 is 14.3 Å². The first-order valence-electron chi connectivity index (χ1n) is 10.2. The summed E-state index contributed by atoms with van der Waals surface area (Å²) >= 11 is 0. The van der Waals surface area contributed by atoms with Gasteiger partial charge in [-0.05, 0) is 29.8 Å². The number of amides is 1. The van der Waals surface area contributed by atoms with Crippen LogP contribution in [0.2, 0.25) is 0 Å². The first-order valence-corrected chi connectivity index (χ1v) is 10.2. The number of nitrogens with one attached hydrogen (secondary N) is 2. The second kappa shape index (κ2) is 10.0. The average molecular weight is 406 g/mol. The van der Waals surface area contributed by atoms with Crippen LogP contribution in [0.1, 0.15) is 5.56 Å². The Labute approximate surface area is 176 Å². The highest BCUT2D eigenvalue weighted by Gasteiger charge is 2.14. The second-order valence-corrected chi connectivity index (χ2v) is 7.19. The van der Waals surface area contributed by atoms with Gasteiger partial charge in [0.25, 0.3) is 0 Å². The average Bonchev–Trinajstić information content (AvgIpc) is 3.31. The van der Waals surface area contributed by atoms with Crippen molar-refractivity contribution in [2.45, 2.75) is 6.42 Å². The summed E-state index contributed by atoms with van der Waals surface area (Å²) in [6.07, 6.45) is 4.22. The van der Waals surface area contributed by atoms with E-state index in [1.165, 1.54) is 0 Å². The Bertz CT molecular complexity index is 935. The summed E-state index contributed by atoms with van der Waals surface area (Å²) in [6, 6.07) is 15.8. The fourth-order valence-corrected chi connectivity index (χ4v) is 3.41.